The number of ether oxygens (including phenoxy) is 2. The van der Waals surface area contributed by atoms with E-state index in [1.165, 1.54) is 13.4 Å². The summed E-state index contributed by atoms with van der Waals surface area (Å²) in [6.45, 7) is 5.97. The molecule has 1 unspecified atom stereocenters. The van der Waals surface area contributed by atoms with Crippen LogP contribution >= 0.6 is 7.75 Å². The summed E-state index contributed by atoms with van der Waals surface area (Å²) in [5, 5.41) is 2.86. The number of methoxy groups -OCH3 is 1. The molecule has 2 aromatic heterocycles. The first kappa shape index (κ1) is 31.2. The van der Waals surface area contributed by atoms with Crippen molar-refractivity contribution in [2.75, 3.05) is 19.5 Å². The first-order chi connectivity index (χ1) is 21.0. The van der Waals surface area contributed by atoms with E-state index in [0.717, 1.165) is 5.56 Å². The molecule has 0 bridgehead atoms. The van der Waals surface area contributed by atoms with Gasteiger partial charge in [-0.25, -0.2) is 19.5 Å². The van der Waals surface area contributed by atoms with Crippen molar-refractivity contribution in [2.24, 2.45) is 5.92 Å². The summed E-state index contributed by atoms with van der Waals surface area (Å²) in [6.07, 6.45) is 7.93. The number of fused-ring (bicyclic) bond motifs is 1. The molecule has 2 heterocycles. The Bertz CT molecular complexity index is 1650. The highest BCUT2D eigenvalue weighted by molar-refractivity contribution is 7.52. The van der Waals surface area contributed by atoms with Crippen LogP contribution in [0.5, 0.6) is 11.5 Å². The molecule has 4 aromatic rings. The average molecular weight is 621 g/mol. The van der Waals surface area contributed by atoms with Crippen molar-refractivity contribution in [1.82, 2.24) is 24.6 Å². The number of nitrogens with one attached hydrogen (secondary N) is 1. The number of nitrogens with two attached hydrogens (primary N) is 1. The number of aromatic nitrogens is 4. The number of nitrogens with zero attached hydrogens (tertiary/aromatic N) is 4. The van der Waals surface area contributed by atoms with Crippen LogP contribution in [0.25, 0.3) is 11.2 Å². The van der Waals surface area contributed by atoms with E-state index in [-0.39, 0.29) is 30.6 Å². The number of hydrogen-bond donors (Lipinski definition) is 2. The first-order valence-electron chi connectivity index (χ1n) is 14.3. The van der Waals surface area contributed by atoms with Gasteiger partial charge in [-0.05, 0) is 63.4 Å². The van der Waals surface area contributed by atoms with E-state index in [1.54, 1.807) is 30.6 Å². The highest BCUT2D eigenvalue weighted by Gasteiger charge is 2.36. The maximum absolute atomic E-state index is 14.2. The molecule has 13 heteroatoms. The maximum Gasteiger partial charge on any atom is 0.459 e. The van der Waals surface area contributed by atoms with Gasteiger partial charge in [0.05, 0.1) is 26.1 Å². The van der Waals surface area contributed by atoms with Crippen LogP contribution in [0.4, 0.5) is 5.82 Å². The lowest BCUT2D eigenvalue weighted by Crippen LogP contribution is -2.39. The molecule has 3 N–H and O–H groups in total. The number of benzene rings is 2. The van der Waals surface area contributed by atoms with Gasteiger partial charge < -0.3 is 24.3 Å². The van der Waals surface area contributed by atoms with Crippen LogP contribution in [0.15, 0.2) is 79.4 Å². The fourth-order valence-corrected chi connectivity index (χ4v) is 6.44. The third-order valence-corrected chi connectivity index (χ3v) is 8.48. The Kier molecular flexibility index (Phi) is 9.33. The molecule has 4 atom stereocenters. The van der Waals surface area contributed by atoms with Crippen molar-refractivity contribution in [3.8, 4) is 11.5 Å². The molecule has 12 nitrogen and oxygen atoms in total. The summed E-state index contributed by atoms with van der Waals surface area (Å²) in [5.41, 5.74) is 7.57. The zero-order valence-electron chi connectivity index (χ0n) is 25.1. The van der Waals surface area contributed by atoms with Gasteiger partial charge in [0.25, 0.3) is 0 Å². The second-order valence-corrected chi connectivity index (χ2v) is 13.2. The lowest BCUT2D eigenvalue weighted by Gasteiger charge is -2.25. The Morgan fingerprint density at radius 3 is 2.52 bits per heavy atom. The van der Waals surface area contributed by atoms with Gasteiger partial charge in [-0.1, -0.05) is 42.5 Å². The second-order valence-electron chi connectivity index (χ2n) is 11.5. The number of rotatable bonds is 12. The minimum Gasteiger partial charge on any atom is -0.488 e. The van der Waals surface area contributed by atoms with E-state index in [9.17, 15) is 9.36 Å². The lowest BCUT2D eigenvalue weighted by atomic mass is 10.1. The summed E-state index contributed by atoms with van der Waals surface area (Å²) in [5.74, 6) is 0.646. The highest BCUT2D eigenvalue weighted by Crippen LogP contribution is 2.46. The van der Waals surface area contributed by atoms with Crippen LogP contribution < -0.4 is 20.1 Å². The van der Waals surface area contributed by atoms with Gasteiger partial charge in [0, 0.05) is 5.92 Å². The molecule has 1 aliphatic carbocycles. The molecular formula is C31H37N6O6P. The van der Waals surface area contributed by atoms with Crippen molar-refractivity contribution in [2.45, 2.75) is 51.3 Å². The number of anilines is 1. The van der Waals surface area contributed by atoms with Crippen molar-refractivity contribution in [3.63, 3.8) is 0 Å². The van der Waals surface area contributed by atoms with Crippen LogP contribution in [-0.2, 0) is 25.0 Å². The van der Waals surface area contributed by atoms with E-state index in [0.29, 0.717) is 34.9 Å². The number of allylic oxidation sites excluding steroid dienone is 1. The SMILES string of the molecule is COC(=O)[C@H](Cc1ccc(OC(C)(C)C)cc1)NP(=O)(OC[C@H]1C=C[C@@H](n2cnc3c(N)ncnc32)C1)Oc1ccccc1. The molecule has 2 aromatic carbocycles. The molecule has 0 fully saturated rings. The Balaban J connectivity index is 1.30. The number of hydrogen-bond acceptors (Lipinski definition) is 10. The number of esters is 1. The number of carbonyl (C=O) groups is 1. The molecule has 0 amide bonds. The van der Waals surface area contributed by atoms with E-state index < -0.39 is 19.8 Å². The third kappa shape index (κ3) is 7.82. The van der Waals surface area contributed by atoms with Gasteiger partial charge >= 0.3 is 13.7 Å². The van der Waals surface area contributed by atoms with Crippen molar-refractivity contribution in [3.05, 3.63) is 85.0 Å². The summed E-state index contributed by atoms with van der Waals surface area (Å²) >= 11 is 0. The molecule has 0 radical (unpaired) electrons. The normalized spacial score (nSPS) is 18.5. The van der Waals surface area contributed by atoms with Gasteiger partial charge in [0.2, 0.25) is 0 Å². The molecule has 0 saturated carbocycles. The van der Waals surface area contributed by atoms with Gasteiger partial charge in [-0.15, -0.1) is 0 Å². The molecule has 0 saturated heterocycles. The summed E-state index contributed by atoms with van der Waals surface area (Å²) in [6, 6.07) is 15.0. The molecule has 0 spiro atoms. The second kappa shape index (κ2) is 13.2. The number of para-hydroxylation sites is 1. The van der Waals surface area contributed by atoms with Gasteiger partial charge in [0.15, 0.2) is 11.5 Å². The quantitative estimate of drug-likeness (QED) is 0.121. The molecule has 1 aliphatic rings. The topological polar surface area (TPSA) is 153 Å². The summed E-state index contributed by atoms with van der Waals surface area (Å²) < 4.78 is 39.0. The predicted molar refractivity (Wildman–Crippen MR) is 166 cm³/mol. The van der Waals surface area contributed by atoms with Crippen LogP contribution in [0.2, 0.25) is 0 Å². The monoisotopic (exact) mass is 620 g/mol. The zero-order chi connectivity index (χ0) is 31.3. The molecule has 5 rings (SSSR count). The van der Waals surface area contributed by atoms with E-state index in [1.807, 2.05) is 67.8 Å². The van der Waals surface area contributed by atoms with Gasteiger partial charge in [0.1, 0.15) is 35.0 Å². The van der Waals surface area contributed by atoms with Crippen LogP contribution in [0, 0.1) is 5.92 Å². The first-order valence-corrected chi connectivity index (χ1v) is 15.8. The minimum atomic E-state index is -4.08. The minimum absolute atomic E-state index is 0.0571. The van der Waals surface area contributed by atoms with Gasteiger partial charge in [-0.2, -0.15) is 5.09 Å². The number of nitrogen functional groups attached to an aromatic ring is 1. The molecule has 44 heavy (non-hydrogen) atoms. The van der Waals surface area contributed by atoms with Crippen molar-refractivity contribution < 1.29 is 27.9 Å². The van der Waals surface area contributed by atoms with Crippen LogP contribution in [0.3, 0.4) is 0 Å². The smallest absolute Gasteiger partial charge is 0.459 e. The van der Waals surface area contributed by atoms with E-state index in [2.05, 4.69) is 20.0 Å². The average Bonchev–Trinajstić information content (AvgIpc) is 3.64. The third-order valence-electron chi connectivity index (χ3n) is 6.91. The molecular weight excluding hydrogens is 583 g/mol. The Hall–Kier alpha value is -4.25. The van der Waals surface area contributed by atoms with Crippen molar-refractivity contribution in [1.29, 1.82) is 0 Å². The largest absolute Gasteiger partial charge is 0.488 e. The Labute approximate surface area is 256 Å². The van der Waals surface area contributed by atoms with Gasteiger partial charge in [-0.3, -0.25) is 9.32 Å². The van der Waals surface area contributed by atoms with E-state index in [4.69, 9.17) is 24.3 Å². The van der Waals surface area contributed by atoms with Crippen LogP contribution in [0.1, 0.15) is 38.8 Å². The summed E-state index contributed by atoms with van der Waals surface area (Å²) in [4.78, 5) is 25.6. The lowest BCUT2D eigenvalue weighted by molar-refractivity contribution is -0.142. The maximum atomic E-state index is 14.2. The van der Waals surface area contributed by atoms with Crippen LogP contribution in [-0.4, -0.2) is 50.8 Å². The summed E-state index contributed by atoms with van der Waals surface area (Å²) in [7, 11) is -2.80. The Morgan fingerprint density at radius 1 is 1.07 bits per heavy atom. The highest BCUT2D eigenvalue weighted by atomic mass is 31.2. The fraction of sp³-hybridized carbons (Fsp3) is 0.355. The Morgan fingerprint density at radius 2 is 1.82 bits per heavy atom. The molecule has 0 aliphatic heterocycles. The number of carbonyl (C=O) groups excluding carboxylic acids is 1. The predicted octanol–water partition coefficient (Wildman–Crippen LogP) is 5.28. The molecule has 232 valence electrons. The number of imidazole rings is 1. The standard InChI is InChI=1S/C31H37N6O6P/c1-31(2,3)42-24-14-11-21(12-15-24)17-26(30(38)40-4)36-44(39,43-25-8-6-5-7-9-25)41-18-22-10-13-23(16-22)37-20-35-27-28(32)33-19-34-29(27)37/h5-15,19-20,22-23,26H,16-18H2,1-4H3,(H,36,39)(H2,32,33,34)/t22-,23+,26-,44?/m0/s1. The zero-order valence-corrected chi connectivity index (χ0v) is 26.0. The van der Waals surface area contributed by atoms with E-state index >= 15 is 0 Å². The fourth-order valence-electron chi connectivity index (χ4n) is 4.90. The van der Waals surface area contributed by atoms with Crippen molar-refractivity contribution >= 4 is 30.7 Å².